The van der Waals surface area contributed by atoms with Crippen molar-refractivity contribution in [2.24, 2.45) is 0 Å². The number of carbonyl (C=O) groups is 2. The minimum atomic E-state index is -5.08. The van der Waals surface area contributed by atoms with Gasteiger partial charge in [-0.15, -0.1) is 0 Å². The number of nitrogens with one attached hydrogen (secondary N) is 2. The molecule has 0 spiro atoms. The molecular formula is C16H16F3N3O3. The zero-order valence-electron chi connectivity index (χ0n) is 13.2. The van der Waals surface area contributed by atoms with Crippen LogP contribution in [0.15, 0.2) is 36.4 Å². The lowest BCUT2D eigenvalue weighted by Gasteiger charge is -2.14. The molecule has 1 aromatic heterocycles. The van der Waals surface area contributed by atoms with E-state index in [0.717, 1.165) is 24.1 Å². The Kier molecular flexibility index (Phi) is 5.15. The zero-order chi connectivity index (χ0) is 18.7. The first-order valence-electron chi connectivity index (χ1n) is 7.34. The van der Waals surface area contributed by atoms with E-state index < -0.39 is 12.1 Å². The highest BCUT2D eigenvalue weighted by molar-refractivity contribution is 6.00. The van der Waals surface area contributed by atoms with Crippen molar-refractivity contribution in [3.05, 3.63) is 47.7 Å². The largest absolute Gasteiger partial charge is 0.490 e. The van der Waals surface area contributed by atoms with E-state index in [1.165, 1.54) is 0 Å². The first-order valence-corrected chi connectivity index (χ1v) is 7.34. The molecule has 1 saturated carbocycles. The van der Waals surface area contributed by atoms with Gasteiger partial charge in [0.25, 0.3) is 0 Å². The fourth-order valence-electron chi connectivity index (χ4n) is 2.25. The number of hydrogen-bond donors (Lipinski definition) is 3. The van der Waals surface area contributed by atoms with Gasteiger partial charge >= 0.3 is 12.1 Å². The normalized spacial score (nSPS) is 14.9. The second-order valence-electron chi connectivity index (χ2n) is 5.64. The monoisotopic (exact) mass is 355 g/mol. The van der Waals surface area contributed by atoms with Gasteiger partial charge in [0.1, 0.15) is 0 Å². The third-order valence-electron chi connectivity index (χ3n) is 3.70. The van der Waals surface area contributed by atoms with Crippen LogP contribution in [0.4, 0.5) is 19.0 Å². The summed E-state index contributed by atoms with van der Waals surface area (Å²) in [6.07, 6.45) is -3.27. The number of rotatable bonds is 3. The van der Waals surface area contributed by atoms with E-state index in [1.807, 2.05) is 43.3 Å². The molecule has 0 saturated heterocycles. The van der Waals surface area contributed by atoms with Crippen LogP contribution in [0.1, 0.15) is 24.1 Å². The maximum atomic E-state index is 12.3. The first-order chi connectivity index (χ1) is 11.6. The molecular weight excluding hydrogens is 339 g/mol. The molecule has 0 radical (unpaired) electrons. The van der Waals surface area contributed by atoms with E-state index in [1.54, 1.807) is 0 Å². The van der Waals surface area contributed by atoms with Gasteiger partial charge in [-0.2, -0.15) is 18.3 Å². The lowest BCUT2D eigenvalue weighted by molar-refractivity contribution is -0.192. The molecule has 1 heterocycles. The number of aryl methyl sites for hydroxylation is 1. The Morgan fingerprint density at radius 2 is 1.80 bits per heavy atom. The van der Waals surface area contributed by atoms with Crippen LogP contribution in [0.3, 0.4) is 0 Å². The van der Waals surface area contributed by atoms with Gasteiger partial charge in [-0.1, -0.05) is 30.3 Å². The van der Waals surface area contributed by atoms with Crippen LogP contribution in [0, 0.1) is 6.92 Å². The number of carboxylic acid groups (broad SMARTS) is 1. The Morgan fingerprint density at radius 1 is 1.24 bits per heavy atom. The standard InChI is InChI=1S/C14H15N3O.C2HF3O2/c1-10-9-12(17-16-10)15-13(18)14(7-8-14)11-5-3-2-4-6-11;3-2(4,5)1(6)7/h2-6,9H,7-8H2,1H3,(H2,15,16,17,18);(H,6,7). The van der Waals surface area contributed by atoms with Crippen molar-refractivity contribution in [1.82, 2.24) is 10.2 Å². The number of amides is 1. The summed E-state index contributed by atoms with van der Waals surface area (Å²) < 4.78 is 31.7. The summed E-state index contributed by atoms with van der Waals surface area (Å²) in [5.74, 6) is -2.12. The number of H-pyrrole nitrogens is 1. The highest BCUT2D eigenvalue weighted by Crippen LogP contribution is 2.48. The molecule has 3 N–H and O–H groups in total. The molecule has 0 atom stereocenters. The average Bonchev–Trinajstić information content (AvgIpc) is 3.26. The van der Waals surface area contributed by atoms with Crippen molar-refractivity contribution >= 4 is 17.7 Å². The molecule has 2 aromatic rings. The number of aromatic amines is 1. The molecule has 9 heteroatoms. The Bertz CT molecular complexity index is 753. The number of hydrogen-bond acceptors (Lipinski definition) is 3. The molecule has 0 unspecified atom stereocenters. The molecule has 6 nitrogen and oxygen atoms in total. The molecule has 1 aromatic carbocycles. The first kappa shape index (κ1) is 18.5. The number of aromatic nitrogens is 2. The van der Waals surface area contributed by atoms with E-state index in [-0.39, 0.29) is 11.3 Å². The number of aliphatic carboxylic acids is 1. The number of benzene rings is 1. The summed E-state index contributed by atoms with van der Waals surface area (Å²) in [4.78, 5) is 21.2. The summed E-state index contributed by atoms with van der Waals surface area (Å²) in [5.41, 5.74) is 1.69. The Hall–Kier alpha value is -2.84. The highest BCUT2D eigenvalue weighted by atomic mass is 19.4. The van der Waals surface area contributed by atoms with Gasteiger partial charge in [0, 0.05) is 11.8 Å². The van der Waals surface area contributed by atoms with Gasteiger partial charge in [0.05, 0.1) is 5.41 Å². The molecule has 0 aliphatic heterocycles. The predicted octanol–water partition coefficient (Wildman–Crippen LogP) is 3.02. The second-order valence-corrected chi connectivity index (χ2v) is 5.64. The molecule has 1 aliphatic carbocycles. The van der Waals surface area contributed by atoms with Crippen LogP contribution in [-0.4, -0.2) is 33.4 Å². The lowest BCUT2D eigenvalue weighted by atomic mass is 9.95. The van der Waals surface area contributed by atoms with Crippen molar-refractivity contribution in [3.63, 3.8) is 0 Å². The summed E-state index contributed by atoms with van der Waals surface area (Å²) in [6.45, 7) is 1.91. The number of carbonyl (C=O) groups excluding carboxylic acids is 1. The summed E-state index contributed by atoms with van der Waals surface area (Å²) in [5, 5.41) is 16.9. The van der Waals surface area contributed by atoms with Crippen LogP contribution in [0.5, 0.6) is 0 Å². The SMILES string of the molecule is Cc1cc(NC(=O)C2(c3ccccc3)CC2)n[nH]1.O=C(O)C(F)(F)F. The number of halogens is 3. The quantitative estimate of drug-likeness (QED) is 0.789. The topological polar surface area (TPSA) is 95.1 Å². The fourth-order valence-corrected chi connectivity index (χ4v) is 2.25. The van der Waals surface area contributed by atoms with Crippen LogP contribution >= 0.6 is 0 Å². The van der Waals surface area contributed by atoms with E-state index in [0.29, 0.717) is 5.82 Å². The van der Waals surface area contributed by atoms with Crippen LogP contribution in [0.2, 0.25) is 0 Å². The Morgan fingerprint density at radius 3 is 2.20 bits per heavy atom. The predicted molar refractivity (Wildman–Crippen MR) is 83.0 cm³/mol. The Balaban J connectivity index is 0.000000277. The molecule has 0 bridgehead atoms. The molecule has 25 heavy (non-hydrogen) atoms. The number of carboxylic acids is 1. The van der Waals surface area contributed by atoms with Crippen LogP contribution in [-0.2, 0) is 15.0 Å². The molecule has 1 fully saturated rings. The Labute approximate surface area is 141 Å². The average molecular weight is 355 g/mol. The van der Waals surface area contributed by atoms with Gasteiger partial charge < -0.3 is 10.4 Å². The van der Waals surface area contributed by atoms with Crippen molar-refractivity contribution < 1.29 is 27.9 Å². The molecule has 1 amide bonds. The molecule has 1 aliphatic rings. The fraction of sp³-hybridized carbons (Fsp3) is 0.312. The van der Waals surface area contributed by atoms with Crippen LogP contribution in [0.25, 0.3) is 0 Å². The van der Waals surface area contributed by atoms with Gasteiger partial charge in [0.2, 0.25) is 5.91 Å². The minimum absolute atomic E-state index is 0.0419. The van der Waals surface area contributed by atoms with Crippen molar-refractivity contribution in [2.75, 3.05) is 5.32 Å². The van der Waals surface area contributed by atoms with E-state index >= 15 is 0 Å². The van der Waals surface area contributed by atoms with Gasteiger partial charge in [-0.05, 0) is 25.3 Å². The molecule has 134 valence electrons. The van der Waals surface area contributed by atoms with Crippen molar-refractivity contribution in [3.8, 4) is 0 Å². The number of alkyl halides is 3. The van der Waals surface area contributed by atoms with Crippen molar-refractivity contribution in [1.29, 1.82) is 0 Å². The second kappa shape index (κ2) is 6.96. The summed E-state index contributed by atoms with van der Waals surface area (Å²) in [7, 11) is 0. The van der Waals surface area contributed by atoms with Gasteiger partial charge in [0.15, 0.2) is 5.82 Å². The van der Waals surface area contributed by atoms with Crippen molar-refractivity contribution in [2.45, 2.75) is 31.4 Å². The zero-order valence-corrected chi connectivity index (χ0v) is 13.2. The summed E-state index contributed by atoms with van der Waals surface area (Å²) >= 11 is 0. The summed E-state index contributed by atoms with van der Waals surface area (Å²) in [6, 6.07) is 11.8. The maximum Gasteiger partial charge on any atom is 0.490 e. The number of anilines is 1. The van der Waals surface area contributed by atoms with E-state index in [2.05, 4.69) is 15.5 Å². The van der Waals surface area contributed by atoms with E-state index in [9.17, 15) is 18.0 Å². The lowest BCUT2D eigenvalue weighted by Crippen LogP contribution is -2.27. The van der Waals surface area contributed by atoms with Gasteiger partial charge in [-0.25, -0.2) is 4.79 Å². The van der Waals surface area contributed by atoms with Crippen LogP contribution < -0.4 is 5.32 Å². The van der Waals surface area contributed by atoms with E-state index in [4.69, 9.17) is 9.90 Å². The molecule has 3 rings (SSSR count). The number of nitrogens with zero attached hydrogens (tertiary/aromatic N) is 1. The third-order valence-corrected chi connectivity index (χ3v) is 3.70. The van der Waals surface area contributed by atoms with Gasteiger partial charge in [-0.3, -0.25) is 9.89 Å². The highest BCUT2D eigenvalue weighted by Gasteiger charge is 2.51. The minimum Gasteiger partial charge on any atom is -0.475 e. The smallest absolute Gasteiger partial charge is 0.475 e. The third kappa shape index (κ3) is 4.59. The maximum absolute atomic E-state index is 12.3.